The van der Waals surface area contributed by atoms with E-state index in [2.05, 4.69) is 11.8 Å². The molecule has 3 rings (SSSR count). The van der Waals surface area contributed by atoms with Gasteiger partial charge in [0, 0.05) is 19.1 Å². The van der Waals surface area contributed by atoms with Gasteiger partial charge in [-0.05, 0) is 56.7 Å². The highest BCUT2D eigenvalue weighted by molar-refractivity contribution is 5.78. The van der Waals surface area contributed by atoms with Crippen LogP contribution in [-0.4, -0.2) is 53.0 Å². The summed E-state index contributed by atoms with van der Waals surface area (Å²) in [6, 6.07) is 8.62. The molecule has 0 radical (unpaired) electrons. The molecule has 138 valence electrons. The SMILES string of the molecule is CC[C@H]1CCCCN1CC(=O)N1CCC(O)(c2ccccc2C)CC1. The van der Waals surface area contributed by atoms with E-state index in [1.165, 1.54) is 19.3 Å². The zero-order valence-electron chi connectivity index (χ0n) is 15.7. The maximum Gasteiger partial charge on any atom is 0.236 e. The fourth-order valence-electron chi connectivity index (χ4n) is 4.49. The molecule has 2 aliphatic rings. The van der Waals surface area contributed by atoms with Crippen molar-refractivity contribution in [2.45, 2.75) is 64.0 Å². The van der Waals surface area contributed by atoms with Gasteiger partial charge in [-0.3, -0.25) is 9.69 Å². The molecule has 0 bridgehead atoms. The standard InChI is InChI=1S/C21H32N2O2/c1-3-18-9-6-7-13-23(18)16-20(24)22-14-11-21(25,12-15-22)19-10-5-4-8-17(19)2/h4-5,8,10,18,25H,3,6-7,9,11-16H2,1-2H3/t18-/m0/s1. The maximum atomic E-state index is 12.7. The average molecular weight is 344 g/mol. The number of rotatable bonds is 4. The Morgan fingerprint density at radius 2 is 1.92 bits per heavy atom. The number of likely N-dealkylation sites (tertiary alicyclic amines) is 2. The highest BCUT2D eigenvalue weighted by atomic mass is 16.3. The second-order valence-corrected chi connectivity index (χ2v) is 7.76. The van der Waals surface area contributed by atoms with Gasteiger partial charge in [-0.2, -0.15) is 0 Å². The lowest BCUT2D eigenvalue weighted by atomic mass is 9.82. The highest BCUT2D eigenvalue weighted by Gasteiger charge is 2.36. The lowest BCUT2D eigenvalue weighted by Gasteiger charge is -2.41. The Balaban J connectivity index is 1.58. The van der Waals surface area contributed by atoms with E-state index < -0.39 is 5.60 Å². The predicted octanol–water partition coefficient (Wildman–Crippen LogP) is 3.07. The summed E-state index contributed by atoms with van der Waals surface area (Å²) in [7, 11) is 0. The molecule has 1 N–H and O–H groups in total. The zero-order valence-corrected chi connectivity index (χ0v) is 15.7. The van der Waals surface area contributed by atoms with Gasteiger partial charge >= 0.3 is 0 Å². The summed E-state index contributed by atoms with van der Waals surface area (Å²) < 4.78 is 0. The van der Waals surface area contributed by atoms with Gasteiger partial charge in [0.15, 0.2) is 0 Å². The van der Waals surface area contributed by atoms with Gasteiger partial charge in [0.05, 0.1) is 12.1 Å². The molecule has 0 aromatic heterocycles. The van der Waals surface area contributed by atoms with E-state index in [1.807, 2.05) is 36.1 Å². The Bertz CT molecular complexity index is 593. The number of amides is 1. The van der Waals surface area contributed by atoms with Gasteiger partial charge in [-0.1, -0.05) is 37.6 Å². The topological polar surface area (TPSA) is 43.8 Å². The number of carbonyl (C=O) groups is 1. The molecule has 0 unspecified atom stereocenters. The fourth-order valence-corrected chi connectivity index (χ4v) is 4.49. The van der Waals surface area contributed by atoms with Crippen LogP contribution >= 0.6 is 0 Å². The van der Waals surface area contributed by atoms with Crippen molar-refractivity contribution >= 4 is 5.91 Å². The highest BCUT2D eigenvalue weighted by Crippen LogP contribution is 2.34. The minimum atomic E-state index is -0.792. The summed E-state index contributed by atoms with van der Waals surface area (Å²) in [6.07, 6.45) is 6.09. The Kier molecular flexibility index (Phi) is 5.80. The van der Waals surface area contributed by atoms with Crippen LogP contribution in [0.5, 0.6) is 0 Å². The third-order valence-electron chi connectivity index (χ3n) is 6.15. The molecule has 1 aromatic rings. The minimum Gasteiger partial charge on any atom is -0.385 e. The van der Waals surface area contributed by atoms with Gasteiger partial charge in [0.1, 0.15) is 0 Å². The van der Waals surface area contributed by atoms with Crippen molar-refractivity contribution < 1.29 is 9.90 Å². The smallest absolute Gasteiger partial charge is 0.236 e. The fraction of sp³-hybridized carbons (Fsp3) is 0.667. The molecule has 4 nitrogen and oxygen atoms in total. The van der Waals surface area contributed by atoms with Crippen LogP contribution in [0.2, 0.25) is 0 Å². The summed E-state index contributed by atoms with van der Waals surface area (Å²) in [4.78, 5) is 17.1. The van der Waals surface area contributed by atoms with Crippen LogP contribution in [0.1, 0.15) is 56.6 Å². The largest absolute Gasteiger partial charge is 0.385 e. The van der Waals surface area contributed by atoms with Gasteiger partial charge < -0.3 is 10.0 Å². The quantitative estimate of drug-likeness (QED) is 0.913. The Morgan fingerprint density at radius 1 is 1.20 bits per heavy atom. The first-order chi connectivity index (χ1) is 12.0. The Hall–Kier alpha value is -1.39. The van der Waals surface area contributed by atoms with Crippen LogP contribution in [0, 0.1) is 6.92 Å². The summed E-state index contributed by atoms with van der Waals surface area (Å²) in [5, 5.41) is 11.1. The van der Waals surface area contributed by atoms with Crippen molar-refractivity contribution in [2.75, 3.05) is 26.2 Å². The van der Waals surface area contributed by atoms with Crippen molar-refractivity contribution in [3.8, 4) is 0 Å². The molecule has 1 aromatic carbocycles. The summed E-state index contributed by atoms with van der Waals surface area (Å²) in [5.41, 5.74) is 1.35. The van der Waals surface area contributed by atoms with Crippen molar-refractivity contribution in [1.82, 2.24) is 9.80 Å². The first kappa shape index (κ1) is 18.4. The van der Waals surface area contributed by atoms with Gasteiger partial charge in [-0.25, -0.2) is 0 Å². The van der Waals surface area contributed by atoms with Gasteiger partial charge in [-0.15, -0.1) is 0 Å². The number of piperidine rings is 2. The number of aryl methyl sites for hydroxylation is 1. The molecule has 2 aliphatic heterocycles. The molecule has 2 saturated heterocycles. The lowest BCUT2D eigenvalue weighted by Crippen LogP contribution is -2.50. The van der Waals surface area contributed by atoms with E-state index in [9.17, 15) is 9.90 Å². The van der Waals surface area contributed by atoms with Gasteiger partial charge in [0.2, 0.25) is 5.91 Å². The van der Waals surface area contributed by atoms with Crippen LogP contribution in [0.25, 0.3) is 0 Å². The third-order valence-corrected chi connectivity index (χ3v) is 6.15. The first-order valence-corrected chi connectivity index (χ1v) is 9.84. The van der Waals surface area contributed by atoms with E-state index in [0.29, 0.717) is 38.5 Å². The Morgan fingerprint density at radius 3 is 2.60 bits per heavy atom. The monoisotopic (exact) mass is 344 g/mol. The molecule has 0 aliphatic carbocycles. The molecular formula is C21H32N2O2. The van der Waals surface area contributed by atoms with Crippen LogP contribution in [0.4, 0.5) is 0 Å². The summed E-state index contributed by atoms with van der Waals surface area (Å²) in [5.74, 6) is 0.229. The molecule has 1 amide bonds. The van der Waals surface area contributed by atoms with Crippen LogP contribution < -0.4 is 0 Å². The molecule has 2 fully saturated rings. The number of carbonyl (C=O) groups excluding carboxylic acids is 1. The average Bonchev–Trinajstić information content (AvgIpc) is 2.63. The van der Waals surface area contributed by atoms with E-state index in [1.54, 1.807) is 0 Å². The molecule has 0 spiro atoms. The molecule has 1 atom stereocenters. The van der Waals surface area contributed by atoms with Crippen LogP contribution in [0.15, 0.2) is 24.3 Å². The normalized spacial score (nSPS) is 24.3. The second-order valence-electron chi connectivity index (χ2n) is 7.76. The first-order valence-electron chi connectivity index (χ1n) is 9.84. The van der Waals surface area contributed by atoms with Crippen molar-refractivity contribution in [3.63, 3.8) is 0 Å². The van der Waals surface area contributed by atoms with E-state index in [0.717, 1.165) is 24.1 Å². The predicted molar refractivity (Wildman–Crippen MR) is 100 cm³/mol. The molecule has 0 saturated carbocycles. The van der Waals surface area contributed by atoms with E-state index in [4.69, 9.17) is 0 Å². The molecular weight excluding hydrogens is 312 g/mol. The Labute approximate surface area is 151 Å². The summed E-state index contributed by atoms with van der Waals surface area (Å²) in [6.45, 7) is 7.15. The van der Waals surface area contributed by atoms with Crippen molar-refractivity contribution in [3.05, 3.63) is 35.4 Å². The molecule has 2 heterocycles. The number of hydrogen-bond donors (Lipinski definition) is 1. The van der Waals surface area contributed by atoms with E-state index in [-0.39, 0.29) is 5.91 Å². The zero-order chi connectivity index (χ0) is 17.9. The summed E-state index contributed by atoms with van der Waals surface area (Å²) >= 11 is 0. The van der Waals surface area contributed by atoms with E-state index >= 15 is 0 Å². The lowest BCUT2D eigenvalue weighted by molar-refractivity contribution is -0.138. The number of hydrogen-bond acceptors (Lipinski definition) is 3. The van der Waals surface area contributed by atoms with Crippen molar-refractivity contribution in [1.29, 1.82) is 0 Å². The molecule has 25 heavy (non-hydrogen) atoms. The van der Waals surface area contributed by atoms with Gasteiger partial charge in [0.25, 0.3) is 0 Å². The van der Waals surface area contributed by atoms with Crippen molar-refractivity contribution in [2.24, 2.45) is 0 Å². The second kappa shape index (κ2) is 7.88. The maximum absolute atomic E-state index is 12.7. The molecule has 4 heteroatoms. The third kappa shape index (κ3) is 4.06. The van der Waals surface area contributed by atoms with Crippen LogP contribution in [-0.2, 0) is 10.4 Å². The number of aliphatic hydroxyl groups is 1. The van der Waals surface area contributed by atoms with Crippen LogP contribution in [0.3, 0.4) is 0 Å². The number of benzene rings is 1. The number of nitrogens with zero attached hydrogens (tertiary/aromatic N) is 2. The minimum absolute atomic E-state index is 0.229.